The van der Waals surface area contributed by atoms with Crippen molar-refractivity contribution in [1.82, 2.24) is 25.2 Å². The SMILES string of the molecule is CNC(=O)c1cn(C[C@]2(C)S[C@@H]3CC(=O)N3[C@H]2C(=O)OC(c2ccccc2)c2ccccc2)nn1. The number of nitrogens with one attached hydrogen (secondary N) is 1. The Morgan fingerprint density at radius 3 is 2.34 bits per heavy atom. The van der Waals surface area contributed by atoms with Crippen LogP contribution in [0.2, 0.25) is 0 Å². The Kier molecular flexibility index (Phi) is 6.06. The van der Waals surface area contributed by atoms with Crippen molar-refractivity contribution < 1.29 is 19.1 Å². The summed E-state index contributed by atoms with van der Waals surface area (Å²) in [6.07, 6.45) is 1.31. The molecule has 5 rings (SSSR count). The summed E-state index contributed by atoms with van der Waals surface area (Å²) in [5.41, 5.74) is 1.88. The van der Waals surface area contributed by atoms with Crippen molar-refractivity contribution in [2.75, 3.05) is 7.05 Å². The lowest BCUT2D eigenvalue weighted by Crippen LogP contribution is -2.58. The molecule has 2 fully saturated rings. The molecule has 3 atom stereocenters. The number of thioether (sulfide) groups is 1. The Morgan fingerprint density at radius 1 is 1.14 bits per heavy atom. The Balaban J connectivity index is 1.44. The van der Waals surface area contributed by atoms with Gasteiger partial charge in [-0.3, -0.25) is 14.3 Å². The van der Waals surface area contributed by atoms with Crippen LogP contribution in [0.15, 0.2) is 66.9 Å². The predicted octanol–water partition coefficient (Wildman–Crippen LogP) is 2.40. The largest absolute Gasteiger partial charge is 0.451 e. The first-order valence-electron chi connectivity index (χ1n) is 11.3. The highest BCUT2D eigenvalue weighted by atomic mass is 32.2. The fraction of sp³-hybridized carbons (Fsp3) is 0.320. The Bertz CT molecular complexity index is 1210. The van der Waals surface area contributed by atoms with Crippen LogP contribution in [0.25, 0.3) is 0 Å². The van der Waals surface area contributed by atoms with E-state index in [2.05, 4.69) is 15.6 Å². The zero-order valence-corrected chi connectivity index (χ0v) is 20.1. The molecule has 3 heterocycles. The number of aromatic nitrogens is 3. The minimum Gasteiger partial charge on any atom is -0.451 e. The van der Waals surface area contributed by atoms with Crippen LogP contribution >= 0.6 is 11.8 Å². The molecule has 3 aromatic rings. The van der Waals surface area contributed by atoms with Gasteiger partial charge < -0.3 is 15.0 Å². The molecule has 2 aromatic carbocycles. The molecule has 1 aromatic heterocycles. The summed E-state index contributed by atoms with van der Waals surface area (Å²) in [7, 11) is 1.52. The third-order valence-electron chi connectivity index (χ3n) is 6.35. The van der Waals surface area contributed by atoms with Crippen LogP contribution < -0.4 is 5.32 Å². The van der Waals surface area contributed by atoms with Gasteiger partial charge in [0.05, 0.1) is 29.3 Å². The minimum absolute atomic E-state index is 0.0752. The molecule has 2 aliphatic rings. The Hall–Kier alpha value is -3.66. The van der Waals surface area contributed by atoms with Gasteiger partial charge in [0.2, 0.25) is 5.91 Å². The number of hydrogen-bond acceptors (Lipinski definition) is 7. The van der Waals surface area contributed by atoms with Crippen molar-refractivity contribution in [3.63, 3.8) is 0 Å². The van der Waals surface area contributed by atoms with Crippen LogP contribution in [0.3, 0.4) is 0 Å². The zero-order chi connectivity index (χ0) is 24.6. The maximum atomic E-state index is 13.8. The number of amides is 2. The Labute approximate surface area is 206 Å². The standard InChI is InChI=1S/C25H25N5O4S/c1-25(15-29-14-18(27-28-29)23(32)26-2)22(30-19(31)13-20(30)35-25)24(33)34-21(16-9-5-3-6-10-16)17-11-7-4-8-12-17/h3-12,14,20-22H,13,15H2,1-2H3,(H,26,32)/t20-,22+,25+/m1/s1. The molecular weight excluding hydrogens is 466 g/mol. The summed E-state index contributed by atoms with van der Waals surface area (Å²) in [6, 6.07) is 18.3. The van der Waals surface area contributed by atoms with E-state index in [1.54, 1.807) is 27.5 Å². The normalized spacial score (nSPS) is 23.1. The van der Waals surface area contributed by atoms with Gasteiger partial charge in [-0.1, -0.05) is 65.9 Å². The van der Waals surface area contributed by atoms with Crippen LogP contribution in [0.4, 0.5) is 0 Å². The summed E-state index contributed by atoms with van der Waals surface area (Å²) in [4.78, 5) is 39.8. The summed E-state index contributed by atoms with van der Waals surface area (Å²) in [5.74, 6) is -0.891. The highest BCUT2D eigenvalue weighted by molar-refractivity contribution is 8.01. The number of rotatable bonds is 7. The molecule has 0 saturated carbocycles. The number of nitrogens with zero attached hydrogens (tertiary/aromatic N) is 4. The lowest BCUT2D eigenvalue weighted by Gasteiger charge is -2.38. The second-order valence-corrected chi connectivity index (χ2v) is 10.5. The fourth-order valence-corrected chi connectivity index (χ4v) is 6.41. The number of esters is 1. The van der Waals surface area contributed by atoms with Crippen molar-refractivity contribution in [3.05, 3.63) is 83.7 Å². The first kappa shape index (κ1) is 23.1. The van der Waals surface area contributed by atoms with Gasteiger partial charge in [0.1, 0.15) is 6.04 Å². The fourth-order valence-electron chi connectivity index (χ4n) is 4.66. The van der Waals surface area contributed by atoms with Crippen LogP contribution in [-0.2, 0) is 20.9 Å². The van der Waals surface area contributed by atoms with Gasteiger partial charge in [-0.05, 0) is 18.1 Å². The molecule has 2 aliphatic heterocycles. The van der Waals surface area contributed by atoms with Gasteiger partial charge in [0.15, 0.2) is 11.8 Å². The lowest BCUT2D eigenvalue weighted by molar-refractivity contribution is -0.164. The van der Waals surface area contributed by atoms with Crippen LogP contribution in [-0.4, -0.2) is 60.9 Å². The van der Waals surface area contributed by atoms with Gasteiger partial charge in [0, 0.05) is 7.05 Å². The molecule has 0 radical (unpaired) electrons. The molecule has 0 unspecified atom stereocenters. The third-order valence-corrected chi connectivity index (χ3v) is 7.90. The van der Waals surface area contributed by atoms with Crippen molar-refractivity contribution in [3.8, 4) is 0 Å². The van der Waals surface area contributed by atoms with E-state index < -0.39 is 22.9 Å². The lowest BCUT2D eigenvalue weighted by atomic mass is 9.95. The predicted molar refractivity (Wildman–Crippen MR) is 129 cm³/mol. The molecule has 2 amide bonds. The van der Waals surface area contributed by atoms with Gasteiger partial charge in [-0.2, -0.15) is 0 Å². The highest BCUT2D eigenvalue weighted by Crippen LogP contribution is 2.52. The molecule has 10 heteroatoms. The monoisotopic (exact) mass is 491 g/mol. The summed E-state index contributed by atoms with van der Waals surface area (Å²) >= 11 is 1.55. The molecule has 0 bridgehead atoms. The number of β-lactam (4-membered cyclic amide) rings is 1. The molecule has 180 valence electrons. The maximum absolute atomic E-state index is 13.8. The van der Waals surface area contributed by atoms with Crippen LogP contribution in [0.5, 0.6) is 0 Å². The van der Waals surface area contributed by atoms with Crippen molar-refractivity contribution in [2.45, 2.75) is 42.2 Å². The van der Waals surface area contributed by atoms with E-state index in [1.807, 2.05) is 67.6 Å². The molecule has 35 heavy (non-hydrogen) atoms. The van der Waals surface area contributed by atoms with Gasteiger partial charge in [-0.25, -0.2) is 4.79 Å². The van der Waals surface area contributed by atoms with Crippen molar-refractivity contribution in [1.29, 1.82) is 0 Å². The second kappa shape index (κ2) is 9.18. The number of carbonyl (C=O) groups is 3. The maximum Gasteiger partial charge on any atom is 0.331 e. The number of benzene rings is 2. The van der Waals surface area contributed by atoms with Gasteiger partial charge >= 0.3 is 5.97 Å². The first-order valence-corrected chi connectivity index (χ1v) is 12.2. The average molecular weight is 492 g/mol. The summed E-state index contributed by atoms with van der Waals surface area (Å²) in [6.45, 7) is 2.21. The van der Waals surface area contributed by atoms with Gasteiger partial charge in [0.25, 0.3) is 5.91 Å². The number of fused-ring (bicyclic) bond motifs is 1. The van der Waals surface area contributed by atoms with E-state index >= 15 is 0 Å². The van der Waals surface area contributed by atoms with E-state index in [9.17, 15) is 14.4 Å². The zero-order valence-electron chi connectivity index (χ0n) is 19.3. The number of hydrogen-bond donors (Lipinski definition) is 1. The summed E-state index contributed by atoms with van der Waals surface area (Å²) < 4.78 is 6.96. The average Bonchev–Trinajstić information content (AvgIpc) is 3.42. The van der Waals surface area contributed by atoms with Crippen LogP contribution in [0, 0.1) is 0 Å². The summed E-state index contributed by atoms with van der Waals surface area (Å²) in [5, 5.41) is 10.4. The molecule has 9 nitrogen and oxygen atoms in total. The number of carbonyl (C=O) groups excluding carboxylic acids is 3. The minimum atomic E-state index is -0.804. The first-order chi connectivity index (χ1) is 16.9. The smallest absolute Gasteiger partial charge is 0.331 e. The second-order valence-electron chi connectivity index (χ2n) is 8.81. The Morgan fingerprint density at radius 2 is 1.77 bits per heavy atom. The van der Waals surface area contributed by atoms with E-state index in [4.69, 9.17) is 4.74 Å². The number of ether oxygens (including phenoxy) is 1. The van der Waals surface area contributed by atoms with E-state index in [-0.39, 0.29) is 29.4 Å². The van der Waals surface area contributed by atoms with Gasteiger partial charge in [-0.15, -0.1) is 16.9 Å². The molecule has 1 N–H and O–H groups in total. The molecular formula is C25H25N5O4S. The highest BCUT2D eigenvalue weighted by Gasteiger charge is 2.61. The van der Waals surface area contributed by atoms with Crippen LogP contribution in [0.1, 0.15) is 41.1 Å². The quantitative estimate of drug-likeness (QED) is 0.400. The molecule has 0 spiro atoms. The van der Waals surface area contributed by atoms with E-state index in [0.29, 0.717) is 6.42 Å². The van der Waals surface area contributed by atoms with Crippen molar-refractivity contribution >= 4 is 29.5 Å². The van der Waals surface area contributed by atoms with E-state index in [0.717, 1.165) is 11.1 Å². The van der Waals surface area contributed by atoms with Crippen molar-refractivity contribution in [2.24, 2.45) is 0 Å². The third kappa shape index (κ3) is 4.29. The topological polar surface area (TPSA) is 106 Å². The van der Waals surface area contributed by atoms with E-state index in [1.165, 1.54) is 7.05 Å². The molecule has 2 saturated heterocycles. The molecule has 0 aliphatic carbocycles.